The van der Waals surface area contributed by atoms with Gasteiger partial charge in [0.05, 0.1) is 23.4 Å². The molecule has 4 aliphatic carbocycles. The zero-order valence-electron chi connectivity index (χ0n) is 19.1. The Morgan fingerprint density at radius 1 is 1.18 bits per heavy atom. The number of rotatable bonds is 1. The van der Waals surface area contributed by atoms with E-state index in [-0.39, 0.29) is 23.8 Å². The van der Waals surface area contributed by atoms with Gasteiger partial charge >= 0.3 is 6.18 Å². The van der Waals surface area contributed by atoms with Crippen molar-refractivity contribution >= 4 is 16.5 Å². The van der Waals surface area contributed by atoms with Crippen molar-refractivity contribution in [3.63, 3.8) is 0 Å². The maximum Gasteiger partial charge on any atom is 0.413 e. The van der Waals surface area contributed by atoms with Gasteiger partial charge in [-0.3, -0.25) is 5.10 Å². The lowest BCUT2D eigenvalue weighted by Gasteiger charge is -2.50. The summed E-state index contributed by atoms with van der Waals surface area (Å²) in [7, 11) is 0. The molecule has 0 amide bonds. The van der Waals surface area contributed by atoms with Gasteiger partial charge in [0.1, 0.15) is 0 Å². The van der Waals surface area contributed by atoms with Crippen LogP contribution < -0.4 is 0 Å². The number of fused-ring (bicyclic) bond motifs is 5. The molecule has 1 fully saturated rings. The third-order valence-corrected chi connectivity index (χ3v) is 9.00. The second-order valence-corrected chi connectivity index (χ2v) is 10.9. The zero-order chi connectivity index (χ0) is 23.9. The molecule has 0 bridgehead atoms. The van der Waals surface area contributed by atoms with Gasteiger partial charge in [-0.05, 0) is 73.6 Å². The highest BCUT2D eigenvalue weighted by Crippen LogP contribution is 2.64. The third kappa shape index (κ3) is 3.16. The first kappa shape index (κ1) is 22.1. The van der Waals surface area contributed by atoms with Crippen molar-refractivity contribution in [2.24, 2.45) is 17.3 Å². The normalized spacial score (nSPS) is 35.9. The lowest BCUT2D eigenvalue weighted by Crippen LogP contribution is -2.51. The van der Waals surface area contributed by atoms with Gasteiger partial charge in [0.15, 0.2) is 0 Å². The Morgan fingerprint density at radius 3 is 2.79 bits per heavy atom. The van der Waals surface area contributed by atoms with Gasteiger partial charge in [0.25, 0.3) is 0 Å². The van der Waals surface area contributed by atoms with Crippen molar-refractivity contribution in [2.75, 3.05) is 0 Å². The van der Waals surface area contributed by atoms with Crippen LogP contribution in [-0.2, 0) is 0 Å². The van der Waals surface area contributed by atoms with Gasteiger partial charge in [-0.25, -0.2) is 0 Å². The maximum atomic E-state index is 14.6. The summed E-state index contributed by atoms with van der Waals surface area (Å²) >= 11 is 0. The number of aliphatic hydroxyl groups excluding tert-OH is 1. The number of benzene rings is 1. The van der Waals surface area contributed by atoms with E-state index >= 15 is 0 Å². The minimum absolute atomic E-state index is 0.0488. The van der Waals surface area contributed by atoms with Gasteiger partial charge in [-0.15, -0.1) is 0 Å². The summed E-state index contributed by atoms with van der Waals surface area (Å²) in [6, 6.07) is 5.82. The van der Waals surface area contributed by atoms with E-state index in [0.29, 0.717) is 32.1 Å². The van der Waals surface area contributed by atoms with E-state index in [1.54, 1.807) is 12.3 Å². The van der Waals surface area contributed by atoms with Crippen molar-refractivity contribution in [3.05, 3.63) is 58.8 Å². The van der Waals surface area contributed by atoms with E-state index in [0.717, 1.165) is 34.0 Å². The first-order chi connectivity index (χ1) is 16.1. The van der Waals surface area contributed by atoms with Crippen molar-refractivity contribution in [2.45, 2.75) is 69.8 Å². The average Bonchev–Trinajstić information content (AvgIpc) is 3.34. The summed E-state index contributed by atoms with van der Waals surface area (Å²) in [5, 5.41) is 30.3. The van der Waals surface area contributed by atoms with Gasteiger partial charge < -0.3 is 10.2 Å². The Labute approximate surface area is 196 Å². The smallest absolute Gasteiger partial charge is 0.393 e. The summed E-state index contributed by atoms with van der Waals surface area (Å²) in [6.07, 6.45) is 3.46. The fourth-order valence-electron chi connectivity index (χ4n) is 7.30. The molecule has 3 N–H and O–H groups in total. The van der Waals surface area contributed by atoms with Crippen LogP contribution >= 0.6 is 0 Å². The zero-order valence-corrected chi connectivity index (χ0v) is 19.1. The molecule has 0 aliphatic heterocycles. The predicted molar refractivity (Wildman–Crippen MR) is 124 cm³/mol. The SMILES string of the molecule is CC12CC(C(F)(F)F)=C3C=C4CC(O)CCC4CC[C@]3(O)C1CC=C2c1ccc2cn[nH]c2c1. The second-order valence-electron chi connectivity index (χ2n) is 10.9. The fourth-order valence-corrected chi connectivity index (χ4v) is 7.30. The number of halogens is 3. The molecule has 1 aromatic heterocycles. The molecule has 34 heavy (non-hydrogen) atoms. The van der Waals surface area contributed by atoms with E-state index in [9.17, 15) is 23.4 Å². The van der Waals surface area contributed by atoms with Crippen LogP contribution in [0.2, 0.25) is 0 Å². The minimum Gasteiger partial charge on any atom is -0.393 e. The molecule has 4 aliphatic rings. The standard InChI is InChI=1S/C27H29F3N2O2/c1-25-13-22(27(28,29)30)21-11-18-10-19(33)5-4-15(18)8-9-26(21,34)24(25)7-6-20(25)16-2-3-17-14-31-32-23(17)12-16/h2-3,6,11-12,14-15,19,24,33-34H,4-5,7-10,13H2,1H3,(H,31,32)/t15?,19?,24?,25?,26-/m1/s1. The third-order valence-electron chi connectivity index (χ3n) is 9.00. The summed E-state index contributed by atoms with van der Waals surface area (Å²) < 4.78 is 43.7. The molecule has 1 aromatic carbocycles. The predicted octanol–water partition coefficient (Wildman–Crippen LogP) is 5.85. The molecule has 5 atom stereocenters. The molecule has 6 rings (SSSR count). The number of alkyl halides is 3. The maximum absolute atomic E-state index is 14.6. The Hall–Kier alpha value is -2.38. The second kappa shape index (κ2) is 7.31. The van der Waals surface area contributed by atoms with Crippen LogP contribution in [-0.4, -0.2) is 38.3 Å². The number of aromatic nitrogens is 2. The summed E-state index contributed by atoms with van der Waals surface area (Å²) in [5.41, 5.74) is 0.491. The van der Waals surface area contributed by atoms with Gasteiger partial charge in [-0.1, -0.05) is 36.8 Å². The Kier molecular flexibility index (Phi) is 4.75. The molecule has 4 unspecified atom stereocenters. The fraction of sp³-hybridized carbons (Fsp3) is 0.519. The van der Waals surface area contributed by atoms with Crippen LogP contribution in [0.15, 0.2) is 53.3 Å². The van der Waals surface area contributed by atoms with Gasteiger partial charge in [0, 0.05) is 22.3 Å². The largest absolute Gasteiger partial charge is 0.413 e. The van der Waals surface area contributed by atoms with E-state index in [1.807, 2.05) is 31.2 Å². The number of H-pyrrole nitrogens is 1. The first-order valence-electron chi connectivity index (χ1n) is 12.2. The van der Waals surface area contributed by atoms with Gasteiger partial charge in [-0.2, -0.15) is 18.3 Å². The molecule has 0 radical (unpaired) electrons. The van der Waals surface area contributed by atoms with E-state index < -0.39 is 28.9 Å². The van der Waals surface area contributed by atoms with E-state index in [2.05, 4.69) is 10.2 Å². The van der Waals surface area contributed by atoms with Crippen LogP contribution in [0.3, 0.4) is 0 Å². The minimum atomic E-state index is -4.54. The molecule has 1 heterocycles. The number of hydrogen-bond donors (Lipinski definition) is 3. The van der Waals surface area contributed by atoms with E-state index in [1.165, 1.54) is 0 Å². The van der Waals surface area contributed by atoms with Crippen LogP contribution in [0.25, 0.3) is 16.5 Å². The van der Waals surface area contributed by atoms with Crippen LogP contribution in [0.5, 0.6) is 0 Å². The average molecular weight is 471 g/mol. The quantitative estimate of drug-likeness (QED) is 0.490. The molecule has 4 nitrogen and oxygen atoms in total. The number of allylic oxidation sites excluding steroid dienone is 3. The number of aliphatic hydroxyl groups is 2. The molecule has 0 spiro atoms. The Balaban J connectivity index is 1.49. The van der Waals surface area contributed by atoms with Crippen molar-refractivity contribution in [3.8, 4) is 0 Å². The van der Waals surface area contributed by atoms with Crippen molar-refractivity contribution < 1.29 is 23.4 Å². The number of aromatic amines is 1. The van der Waals surface area contributed by atoms with Crippen molar-refractivity contribution in [1.82, 2.24) is 10.2 Å². The van der Waals surface area contributed by atoms with E-state index in [4.69, 9.17) is 0 Å². The monoisotopic (exact) mass is 470 g/mol. The summed E-state index contributed by atoms with van der Waals surface area (Å²) in [6.45, 7) is 1.89. The highest BCUT2D eigenvalue weighted by Gasteiger charge is 2.60. The summed E-state index contributed by atoms with van der Waals surface area (Å²) in [5.74, 6) is -0.210. The topological polar surface area (TPSA) is 69.1 Å². The van der Waals surface area contributed by atoms with Gasteiger partial charge in [0.2, 0.25) is 0 Å². The molecule has 1 saturated carbocycles. The van der Waals surface area contributed by atoms with Crippen molar-refractivity contribution in [1.29, 1.82) is 0 Å². The first-order valence-corrected chi connectivity index (χ1v) is 12.2. The Bertz CT molecular complexity index is 1260. The molecule has 0 saturated heterocycles. The lowest BCUT2D eigenvalue weighted by atomic mass is 9.56. The summed E-state index contributed by atoms with van der Waals surface area (Å²) in [4.78, 5) is 0. The highest BCUT2D eigenvalue weighted by atomic mass is 19.4. The van der Waals surface area contributed by atoms with Crippen LogP contribution in [0, 0.1) is 17.3 Å². The molecular weight excluding hydrogens is 441 g/mol. The molecule has 2 aromatic rings. The highest BCUT2D eigenvalue weighted by molar-refractivity contribution is 5.85. The Morgan fingerprint density at radius 2 is 2.00 bits per heavy atom. The number of nitrogens with one attached hydrogen (secondary N) is 1. The molecule has 7 heteroatoms. The molecular formula is C27H29F3N2O2. The van der Waals surface area contributed by atoms with Crippen LogP contribution in [0.1, 0.15) is 57.4 Å². The number of hydrogen-bond acceptors (Lipinski definition) is 3. The lowest BCUT2D eigenvalue weighted by molar-refractivity contribution is -0.113. The molecule has 180 valence electrons. The number of nitrogens with zero attached hydrogens (tertiary/aromatic N) is 1. The van der Waals surface area contributed by atoms with Crippen LogP contribution in [0.4, 0.5) is 13.2 Å².